The van der Waals surface area contributed by atoms with E-state index in [1.807, 2.05) is 0 Å². The molecular formula is C7H13NO2Sn. The Bertz CT molecular complexity index is 191. The molecule has 1 aliphatic heterocycles. The summed E-state index contributed by atoms with van der Waals surface area (Å²) in [5.74, 6) is 0.108. The van der Waals surface area contributed by atoms with Gasteiger partial charge in [0.05, 0.1) is 0 Å². The van der Waals surface area contributed by atoms with Gasteiger partial charge in [-0.15, -0.1) is 0 Å². The maximum atomic E-state index is 11.2. The number of carbonyl (C=O) groups excluding carboxylic acids is 2. The van der Waals surface area contributed by atoms with Crippen LogP contribution in [0.3, 0.4) is 0 Å². The first-order valence-corrected chi connectivity index (χ1v) is 13.6. The molecule has 0 aromatic rings. The van der Waals surface area contributed by atoms with Gasteiger partial charge in [0.15, 0.2) is 0 Å². The van der Waals surface area contributed by atoms with Gasteiger partial charge in [0, 0.05) is 0 Å². The van der Waals surface area contributed by atoms with Crippen LogP contribution in [0.1, 0.15) is 12.8 Å². The van der Waals surface area contributed by atoms with Crippen molar-refractivity contribution in [1.29, 1.82) is 0 Å². The Kier molecular flexibility index (Phi) is 2.27. The van der Waals surface area contributed by atoms with E-state index in [0.29, 0.717) is 12.8 Å². The van der Waals surface area contributed by atoms with Crippen LogP contribution in [0.25, 0.3) is 0 Å². The third kappa shape index (κ3) is 1.75. The van der Waals surface area contributed by atoms with Gasteiger partial charge in [-0.2, -0.15) is 0 Å². The van der Waals surface area contributed by atoms with Gasteiger partial charge in [-0.1, -0.05) is 0 Å². The van der Waals surface area contributed by atoms with E-state index in [1.165, 1.54) is 0 Å². The third-order valence-corrected chi connectivity index (χ3v) is 6.98. The summed E-state index contributed by atoms with van der Waals surface area (Å²) < 4.78 is 1.56. The maximum absolute atomic E-state index is 11.2. The minimum atomic E-state index is -2.42. The minimum absolute atomic E-state index is 0.0540. The van der Waals surface area contributed by atoms with Crippen molar-refractivity contribution in [3.05, 3.63) is 0 Å². The zero-order chi connectivity index (χ0) is 8.65. The second-order valence-electron chi connectivity index (χ2n) is 3.79. The van der Waals surface area contributed by atoms with Crippen molar-refractivity contribution >= 4 is 30.5 Å². The quantitative estimate of drug-likeness (QED) is 0.521. The summed E-state index contributed by atoms with van der Waals surface area (Å²) in [6.45, 7) is 0. The molecule has 0 aliphatic carbocycles. The van der Waals surface area contributed by atoms with Gasteiger partial charge in [0.25, 0.3) is 0 Å². The predicted octanol–water partition coefficient (Wildman–Crippen LogP) is 0.970. The van der Waals surface area contributed by atoms with Crippen molar-refractivity contribution in [2.24, 2.45) is 0 Å². The van der Waals surface area contributed by atoms with E-state index >= 15 is 0 Å². The number of amides is 2. The molecule has 0 saturated carbocycles. The van der Waals surface area contributed by atoms with Crippen molar-refractivity contribution in [2.75, 3.05) is 0 Å². The van der Waals surface area contributed by atoms with Crippen LogP contribution in [-0.2, 0) is 9.59 Å². The Morgan fingerprint density at radius 1 is 1.09 bits per heavy atom. The van der Waals surface area contributed by atoms with E-state index in [0.717, 1.165) is 0 Å². The molecule has 3 nitrogen and oxygen atoms in total. The molecular weight excluding hydrogens is 249 g/mol. The molecule has 0 N–H and O–H groups in total. The van der Waals surface area contributed by atoms with E-state index < -0.39 is 18.7 Å². The first-order valence-electron chi connectivity index (χ1n) is 3.79. The topological polar surface area (TPSA) is 37.4 Å². The Morgan fingerprint density at radius 2 is 1.45 bits per heavy atom. The third-order valence-electron chi connectivity index (χ3n) is 1.72. The second kappa shape index (κ2) is 2.77. The predicted molar refractivity (Wildman–Crippen MR) is 44.4 cm³/mol. The molecule has 1 heterocycles. The summed E-state index contributed by atoms with van der Waals surface area (Å²) >= 11 is -2.42. The monoisotopic (exact) mass is 263 g/mol. The molecule has 1 aliphatic rings. The fourth-order valence-electron chi connectivity index (χ4n) is 1.32. The van der Waals surface area contributed by atoms with Crippen molar-refractivity contribution in [2.45, 2.75) is 27.7 Å². The zero-order valence-corrected chi connectivity index (χ0v) is 10.0. The van der Waals surface area contributed by atoms with Gasteiger partial charge in [0.1, 0.15) is 0 Å². The molecule has 0 aromatic carbocycles. The molecule has 0 spiro atoms. The molecule has 62 valence electrons. The molecule has 0 aromatic heterocycles. The molecule has 2 amide bonds. The zero-order valence-electron chi connectivity index (χ0n) is 7.18. The fourth-order valence-corrected chi connectivity index (χ4v) is 6.23. The summed E-state index contributed by atoms with van der Waals surface area (Å²) in [6, 6.07) is 0. The standard InChI is InChI=1S/C4H5NO2.3CH3.Sn/c6-3-1-2-4(7)5-3;;;;/h1-2H2,(H,5,6,7);3*1H3;/q;;;;+1/p-1. The van der Waals surface area contributed by atoms with Gasteiger partial charge in [-0.05, 0) is 0 Å². The Hall–Kier alpha value is -0.0613. The van der Waals surface area contributed by atoms with Crippen LogP contribution in [0, 0.1) is 0 Å². The van der Waals surface area contributed by atoms with E-state index in [-0.39, 0.29) is 11.8 Å². The normalized spacial score (nSPS) is 19.7. The van der Waals surface area contributed by atoms with Crippen LogP contribution >= 0.6 is 0 Å². The Balaban J connectivity index is 2.85. The number of imide groups is 1. The first kappa shape index (κ1) is 9.03. The number of hydrogen-bond donors (Lipinski definition) is 0. The average Bonchev–Trinajstić information content (AvgIpc) is 2.08. The molecule has 0 unspecified atom stereocenters. The first-order chi connectivity index (χ1) is 4.93. The molecule has 1 rings (SSSR count). The summed E-state index contributed by atoms with van der Waals surface area (Å²) in [5.41, 5.74) is 0. The second-order valence-corrected chi connectivity index (χ2v) is 17.5. The van der Waals surface area contributed by atoms with E-state index in [4.69, 9.17) is 0 Å². The van der Waals surface area contributed by atoms with Gasteiger partial charge >= 0.3 is 70.8 Å². The van der Waals surface area contributed by atoms with Crippen LogP contribution < -0.4 is 0 Å². The van der Waals surface area contributed by atoms with Crippen molar-refractivity contribution in [3.63, 3.8) is 0 Å². The number of nitrogens with zero attached hydrogens (tertiary/aromatic N) is 1. The van der Waals surface area contributed by atoms with Gasteiger partial charge in [0.2, 0.25) is 0 Å². The van der Waals surface area contributed by atoms with Crippen LogP contribution in [-0.4, -0.2) is 33.6 Å². The summed E-state index contributed by atoms with van der Waals surface area (Å²) in [6.07, 6.45) is 0.875. The molecule has 0 atom stereocenters. The van der Waals surface area contributed by atoms with E-state index in [9.17, 15) is 9.59 Å². The van der Waals surface area contributed by atoms with Crippen LogP contribution in [0.2, 0.25) is 14.8 Å². The number of carbonyl (C=O) groups is 2. The number of rotatable bonds is 1. The van der Waals surface area contributed by atoms with E-state index in [2.05, 4.69) is 14.8 Å². The molecule has 0 radical (unpaired) electrons. The van der Waals surface area contributed by atoms with Gasteiger partial charge in [-0.3, -0.25) is 0 Å². The molecule has 0 bridgehead atoms. The molecule has 4 heteroatoms. The average molecular weight is 262 g/mol. The van der Waals surface area contributed by atoms with Crippen molar-refractivity contribution in [3.8, 4) is 0 Å². The summed E-state index contributed by atoms with van der Waals surface area (Å²) in [5, 5.41) is 0. The SMILES string of the molecule is [CH3][Sn]([CH3])([CH3])[N]1C(=O)CCC1=O. The van der Waals surface area contributed by atoms with Gasteiger partial charge < -0.3 is 0 Å². The summed E-state index contributed by atoms with van der Waals surface area (Å²) in [4.78, 5) is 28.6. The molecule has 1 saturated heterocycles. The Labute approximate surface area is 71.0 Å². The fraction of sp³-hybridized carbons (Fsp3) is 0.714. The van der Waals surface area contributed by atoms with Crippen molar-refractivity contribution in [1.82, 2.24) is 3.12 Å². The Morgan fingerprint density at radius 3 is 1.64 bits per heavy atom. The van der Waals surface area contributed by atoms with Crippen LogP contribution in [0.4, 0.5) is 0 Å². The van der Waals surface area contributed by atoms with Crippen molar-refractivity contribution < 1.29 is 9.59 Å². The number of hydrogen-bond acceptors (Lipinski definition) is 2. The van der Waals surface area contributed by atoms with Crippen LogP contribution in [0.15, 0.2) is 0 Å². The molecule has 11 heavy (non-hydrogen) atoms. The van der Waals surface area contributed by atoms with Gasteiger partial charge in [-0.25, -0.2) is 0 Å². The van der Waals surface area contributed by atoms with E-state index in [1.54, 1.807) is 3.12 Å². The molecule has 1 fully saturated rings. The van der Waals surface area contributed by atoms with Crippen LogP contribution in [0.5, 0.6) is 0 Å². The summed E-state index contributed by atoms with van der Waals surface area (Å²) in [7, 11) is 0.